The van der Waals surface area contributed by atoms with Gasteiger partial charge in [0.15, 0.2) is 5.16 Å². The first kappa shape index (κ1) is 11.7. The van der Waals surface area contributed by atoms with Crippen LogP contribution in [0.15, 0.2) is 35.5 Å². The summed E-state index contributed by atoms with van der Waals surface area (Å²) in [6.07, 6.45) is 0. The third-order valence-electron chi connectivity index (χ3n) is 2.35. The van der Waals surface area contributed by atoms with Crippen LogP contribution in [0.4, 0.5) is 0 Å². The zero-order chi connectivity index (χ0) is 12.1. The van der Waals surface area contributed by atoms with Gasteiger partial charge in [-0.3, -0.25) is 0 Å². The smallest absolute Gasteiger partial charge is 0.192 e. The Morgan fingerprint density at radius 2 is 2.06 bits per heavy atom. The summed E-state index contributed by atoms with van der Waals surface area (Å²) in [6, 6.07) is 12.2. The van der Waals surface area contributed by atoms with Gasteiger partial charge in [-0.2, -0.15) is 5.26 Å². The van der Waals surface area contributed by atoms with Crippen molar-refractivity contribution >= 4 is 11.8 Å². The van der Waals surface area contributed by atoms with E-state index in [0.29, 0.717) is 5.75 Å². The number of aryl methyl sites for hydroxylation is 1. The van der Waals surface area contributed by atoms with Crippen LogP contribution in [0.3, 0.4) is 0 Å². The van der Waals surface area contributed by atoms with Crippen LogP contribution in [0.1, 0.15) is 11.4 Å². The fourth-order valence-electron chi connectivity index (χ4n) is 1.51. The molecule has 1 aromatic heterocycles. The van der Waals surface area contributed by atoms with Crippen LogP contribution in [0, 0.1) is 18.3 Å². The highest BCUT2D eigenvalue weighted by Gasteiger charge is 2.09. The lowest BCUT2D eigenvalue weighted by Gasteiger charge is -2.07. The topological polar surface area (TPSA) is 54.5 Å². The number of thioether (sulfide) groups is 1. The first-order valence-electron chi connectivity index (χ1n) is 5.24. The fourth-order valence-corrected chi connectivity index (χ4v) is 2.16. The van der Waals surface area contributed by atoms with Gasteiger partial charge in [-0.1, -0.05) is 42.1 Å². The Morgan fingerprint density at radius 3 is 2.76 bits per heavy atom. The minimum absolute atomic E-state index is 0.396. The average molecular weight is 244 g/mol. The van der Waals surface area contributed by atoms with Gasteiger partial charge in [0.25, 0.3) is 0 Å². The van der Waals surface area contributed by atoms with Crippen molar-refractivity contribution < 1.29 is 0 Å². The summed E-state index contributed by atoms with van der Waals surface area (Å²) < 4.78 is 2.03. The Balaban J connectivity index is 2.20. The van der Waals surface area contributed by atoms with E-state index in [9.17, 15) is 0 Å². The number of aromatic nitrogens is 3. The molecule has 0 unspecified atom stereocenters. The maximum Gasteiger partial charge on any atom is 0.192 e. The van der Waals surface area contributed by atoms with Gasteiger partial charge in [0.1, 0.15) is 5.82 Å². The lowest BCUT2D eigenvalue weighted by molar-refractivity contribution is 0.688. The fraction of sp³-hybridized carbons (Fsp3) is 0.250. The van der Waals surface area contributed by atoms with Crippen molar-refractivity contribution in [1.29, 1.82) is 5.26 Å². The number of nitriles is 1. The molecule has 17 heavy (non-hydrogen) atoms. The van der Waals surface area contributed by atoms with Crippen molar-refractivity contribution in [2.75, 3.05) is 5.75 Å². The molecular formula is C12H12N4S. The number of hydrogen-bond acceptors (Lipinski definition) is 4. The molecule has 0 aliphatic heterocycles. The highest BCUT2D eigenvalue weighted by atomic mass is 32.2. The zero-order valence-corrected chi connectivity index (χ0v) is 10.3. The molecule has 0 spiro atoms. The van der Waals surface area contributed by atoms with Crippen LogP contribution < -0.4 is 0 Å². The second-order valence-electron chi connectivity index (χ2n) is 3.55. The number of hydrogen-bond donors (Lipinski definition) is 0. The summed E-state index contributed by atoms with van der Waals surface area (Å²) >= 11 is 1.42. The number of nitrogens with zero attached hydrogens (tertiary/aromatic N) is 4. The molecule has 0 aliphatic carbocycles. The van der Waals surface area contributed by atoms with Crippen LogP contribution >= 0.6 is 11.8 Å². The minimum Gasteiger partial charge on any atom is -0.302 e. The van der Waals surface area contributed by atoms with Gasteiger partial charge < -0.3 is 4.57 Å². The van der Waals surface area contributed by atoms with Gasteiger partial charge in [-0.05, 0) is 12.5 Å². The summed E-state index contributed by atoms with van der Waals surface area (Å²) in [5.74, 6) is 1.27. The first-order valence-corrected chi connectivity index (χ1v) is 6.23. The first-order chi connectivity index (χ1) is 8.31. The Morgan fingerprint density at radius 1 is 1.29 bits per heavy atom. The average Bonchev–Trinajstić information content (AvgIpc) is 2.70. The monoisotopic (exact) mass is 244 g/mol. The second kappa shape index (κ2) is 5.51. The predicted octanol–water partition coefficient (Wildman–Crippen LogP) is 2.25. The molecule has 0 saturated carbocycles. The summed E-state index contributed by atoms with van der Waals surface area (Å²) in [7, 11) is 0. The summed E-state index contributed by atoms with van der Waals surface area (Å²) in [4.78, 5) is 0. The molecule has 0 amide bonds. The third-order valence-corrected chi connectivity index (χ3v) is 3.18. The van der Waals surface area contributed by atoms with E-state index in [1.54, 1.807) is 0 Å². The van der Waals surface area contributed by atoms with Crippen LogP contribution in [-0.2, 0) is 6.54 Å². The molecule has 0 N–H and O–H groups in total. The molecule has 0 saturated heterocycles. The van der Waals surface area contributed by atoms with Crippen LogP contribution in [0.25, 0.3) is 0 Å². The van der Waals surface area contributed by atoms with E-state index in [1.807, 2.05) is 29.7 Å². The van der Waals surface area contributed by atoms with E-state index < -0.39 is 0 Å². The lowest BCUT2D eigenvalue weighted by Crippen LogP contribution is -2.03. The van der Waals surface area contributed by atoms with Crippen molar-refractivity contribution in [1.82, 2.24) is 14.8 Å². The molecular weight excluding hydrogens is 232 g/mol. The molecule has 0 atom stereocenters. The summed E-state index contributed by atoms with van der Waals surface area (Å²) in [6.45, 7) is 2.67. The molecule has 2 aromatic rings. The van der Waals surface area contributed by atoms with Crippen LogP contribution in [0.2, 0.25) is 0 Å². The van der Waals surface area contributed by atoms with Crippen molar-refractivity contribution in [3.05, 3.63) is 41.7 Å². The normalized spacial score (nSPS) is 10.1. The van der Waals surface area contributed by atoms with Crippen LogP contribution in [0.5, 0.6) is 0 Å². The molecule has 1 heterocycles. The van der Waals surface area contributed by atoms with Crippen molar-refractivity contribution in [3.8, 4) is 6.07 Å². The Labute approximate surface area is 104 Å². The summed E-state index contributed by atoms with van der Waals surface area (Å²) in [5.41, 5.74) is 1.20. The molecule has 0 fully saturated rings. The van der Waals surface area contributed by atoms with E-state index in [1.165, 1.54) is 17.3 Å². The van der Waals surface area contributed by atoms with Gasteiger partial charge in [-0.25, -0.2) is 0 Å². The molecule has 1 aromatic carbocycles. The molecule has 5 heteroatoms. The Kier molecular flexibility index (Phi) is 3.78. The highest BCUT2D eigenvalue weighted by molar-refractivity contribution is 7.99. The van der Waals surface area contributed by atoms with Gasteiger partial charge >= 0.3 is 0 Å². The molecule has 4 nitrogen and oxygen atoms in total. The van der Waals surface area contributed by atoms with E-state index in [2.05, 4.69) is 28.4 Å². The van der Waals surface area contributed by atoms with Crippen LogP contribution in [-0.4, -0.2) is 20.5 Å². The van der Waals surface area contributed by atoms with Crippen molar-refractivity contribution in [2.24, 2.45) is 0 Å². The molecule has 86 valence electrons. The Bertz CT molecular complexity index is 527. The van der Waals surface area contributed by atoms with Gasteiger partial charge in [0.05, 0.1) is 18.4 Å². The van der Waals surface area contributed by atoms with Gasteiger partial charge in [-0.15, -0.1) is 10.2 Å². The van der Waals surface area contributed by atoms with E-state index in [4.69, 9.17) is 5.26 Å². The SMILES string of the molecule is Cc1nnc(SCC#N)n1Cc1ccccc1. The molecule has 2 rings (SSSR count). The molecule has 0 radical (unpaired) electrons. The second-order valence-corrected chi connectivity index (χ2v) is 4.49. The standard InChI is InChI=1S/C12H12N4S/c1-10-14-15-12(17-8-7-13)16(10)9-11-5-3-2-4-6-11/h2-6H,8-9H2,1H3. The van der Waals surface area contributed by atoms with E-state index in [0.717, 1.165) is 17.5 Å². The van der Waals surface area contributed by atoms with Gasteiger partial charge in [0.2, 0.25) is 0 Å². The number of rotatable bonds is 4. The maximum absolute atomic E-state index is 8.59. The largest absolute Gasteiger partial charge is 0.302 e. The third kappa shape index (κ3) is 2.86. The lowest BCUT2D eigenvalue weighted by atomic mass is 10.2. The zero-order valence-electron chi connectivity index (χ0n) is 9.50. The summed E-state index contributed by atoms with van der Waals surface area (Å²) in [5, 5.41) is 17.5. The van der Waals surface area contributed by atoms with Crippen molar-refractivity contribution in [3.63, 3.8) is 0 Å². The van der Waals surface area contributed by atoms with E-state index >= 15 is 0 Å². The molecule has 0 bridgehead atoms. The minimum atomic E-state index is 0.396. The molecule has 0 aliphatic rings. The van der Waals surface area contributed by atoms with Gasteiger partial charge in [0, 0.05) is 0 Å². The van der Waals surface area contributed by atoms with Crippen molar-refractivity contribution in [2.45, 2.75) is 18.6 Å². The predicted molar refractivity (Wildman–Crippen MR) is 66.6 cm³/mol. The maximum atomic E-state index is 8.59. The number of benzene rings is 1. The Hall–Kier alpha value is -1.80. The highest BCUT2D eigenvalue weighted by Crippen LogP contribution is 2.17. The van der Waals surface area contributed by atoms with E-state index in [-0.39, 0.29) is 0 Å². The quantitative estimate of drug-likeness (QED) is 0.774.